The summed E-state index contributed by atoms with van der Waals surface area (Å²) >= 11 is 0. The smallest absolute Gasteiger partial charge is 0.166 e. The zero-order valence-corrected chi connectivity index (χ0v) is 9.58. The molecule has 0 fully saturated rings. The Balaban J connectivity index is 1.96. The van der Waals surface area contributed by atoms with Crippen molar-refractivity contribution < 1.29 is 9.84 Å². The summed E-state index contributed by atoms with van der Waals surface area (Å²) in [5, 5.41) is 9.36. The van der Waals surface area contributed by atoms with Crippen LogP contribution in [0.15, 0.2) is 42.7 Å². The molecule has 17 heavy (non-hydrogen) atoms. The van der Waals surface area contributed by atoms with E-state index in [2.05, 4.69) is 9.97 Å². The number of benzene rings is 1. The van der Waals surface area contributed by atoms with E-state index in [0.29, 0.717) is 12.4 Å². The summed E-state index contributed by atoms with van der Waals surface area (Å²) in [5.41, 5.74) is 0.869. The lowest BCUT2D eigenvalue weighted by Gasteiger charge is -2.07. The monoisotopic (exact) mass is 230 g/mol. The molecule has 2 aromatic rings. The second-order valence-electron chi connectivity index (χ2n) is 3.70. The largest absolute Gasteiger partial charge is 0.486 e. The minimum Gasteiger partial charge on any atom is -0.486 e. The van der Waals surface area contributed by atoms with E-state index >= 15 is 0 Å². The van der Waals surface area contributed by atoms with Crippen molar-refractivity contribution in [2.45, 2.75) is 19.6 Å². The van der Waals surface area contributed by atoms with Crippen molar-refractivity contribution in [3.05, 3.63) is 54.1 Å². The highest BCUT2D eigenvalue weighted by Gasteiger charge is 2.01. The van der Waals surface area contributed by atoms with E-state index in [0.717, 1.165) is 11.3 Å². The number of hydrogen-bond donors (Lipinski definition) is 1. The molecule has 0 saturated carbocycles. The lowest BCUT2D eigenvalue weighted by Crippen LogP contribution is -2.00. The normalized spacial score (nSPS) is 12.1. The van der Waals surface area contributed by atoms with E-state index in [1.165, 1.54) is 0 Å². The lowest BCUT2D eigenvalue weighted by atomic mass is 10.1. The molecule has 0 bridgehead atoms. The first-order valence-corrected chi connectivity index (χ1v) is 5.42. The molecule has 1 heterocycles. The molecule has 0 unspecified atom stereocenters. The minimum absolute atomic E-state index is 0.342. The summed E-state index contributed by atoms with van der Waals surface area (Å²) in [5.74, 6) is 1.38. The number of aromatic nitrogens is 2. The zero-order chi connectivity index (χ0) is 12.1. The van der Waals surface area contributed by atoms with Crippen molar-refractivity contribution in [1.82, 2.24) is 9.97 Å². The number of aliphatic hydroxyl groups is 1. The van der Waals surface area contributed by atoms with Gasteiger partial charge in [0.2, 0.25) is 0 Å². The molecule has 1 aromatic carbocycles. The van der Waals surface area contributed by atoms with Crippen molar-refractivity contribution in [1.29, 1.82) is 0 Å². The van der Waals surface area contributed by atoms with Crippen LogP contribution in [-0.4, -0.2) is 15.1 Å². The molecular formula is C13H14N2O2. The van der Waals surface area contributed by atoms with Crippen LogP contribution in [0.2, 0.25) is 0 Å². The molecular weight excluding hydrogens is 216 g/mol. The van der Waals surface area contributed by atoms with Gasteiger partial charge in [-0.1, -0.05) is 12.1 Å². The fraction of sp³-hybridized carbons (Fsp3) is 0.231. The Morgan fingerprint density at radius 2 is 1.82 bits per heavy atom. The zero-order valence-electron chi connectivity index (χ0n) is 9.58. The van der Waals surface area contributed by atoms with Crippen molar-refractivity contribution in [2.75, 3.05) is 0 Å². The second kappa shape index (κ2) is 5.41. The Labute approximate surface area is 99.9 Å². The second-order valence-corrected chi connectivity index (χ2v) is 3.70. The lowest BCUT2D eigenvalue weighted by molar-refractivity contribution is 0.199. The van der Waals surface area contributed by atoms with Crippen LogP contribution in [0.4, 0.5) is 0 Å². The first kappa shape index (κ1) is 11.5. The van der Waals surface area contributed by atoms with E-state index in [-0.39, 0.29) is 0 Å². The van der Waals surface area contributed by atoms with Gasteiger partial charge in [-0.3, -0.25) is 0 Å². The third kappa shape index (κ3) is 3.26. The van der Waals surface area contributed by atoms with Gasteiger partial charge in [-0.05, 0) is 30.7 Å². The maximum atomic E-state index is 9.36. The summed E-state index contributed by atoms with van der Waals surface area (Å²) in [6.45, 7) is 2.07. The predicted molar refractivity (Wildman–Crippen MR) is 63.4 cm³/mol. The summed E-state index contributed by atoms with van der Waals surface area (Å²) in [6, 6.07) is 9.09. The highest BCUT2D eigenvalue weighted by Crippen LogP contribution is 2.17. The fourth-order valence-electron chi connectivity index (χ4n) is 1.39. The average molecular weight is 230 g/mol. The molecule has 4 heteroatoms. The molecule has 0 radical (unpaired) electrons. The van der Waals surface area contributed by atoms with Gasteiger partial charge in [-0.2, -0.15) is 0 Å². The number of rotatable bonds is 4. The highest BCUT2D eigenvalue weighted by molar-refractivity contribution is 5.28. The first-order valence-electron chi connectivity index (χ1n) is 5.42. The molecule has 0 amide bonds. The molecule has 0 aliphatic heterocycles. The van der Waals surface area contributed by atoms with Crippen LogP contribution in [0.5, 0.6) is 5.75 Å². The van der Waals surface area contributed by atoms with Crippen LogP contribution in [-0.2, 0) is 6.61 Å². The number of ether oxygens (including phenoxy) is 1. The van der Waals surface area contributed by atoms with Gasteiger partial charge >= 0.3 is 0 Å². The first-order chi connectivity index (χ1) is 8.25. The topological polar surface area (TPSA) is 55.2 Å². The molecule has 1 atom stereocenters. The van der Waals surface area contributed by atoms with Gasteiger partial charge < -0.3 is 9.84 Å². The third-order valence-electron chi connectivity index (χ3n) is 2.35. The molecule has 0 spiro atoms. The Bertz CT molecular complexity index is 455. The van der Waals surface area contributed by atoms with Gasteiger partial charge in [-0.15, -0.1) is 0 Å². The third-order valence-corrected chi connectivity index (χ3v) is 2.35. The maximum Gasteiger partial charge on any atom is 0.166 e. The van der Waals surface area contributed by atoms with Crippen molar-refractivity contribution in [2.24, 2.45) is 0 Å². The Hall–Kier alpha value is -1.94. The van der Waals surface area contributed by atoms with Crippen LogP contribution in [0.25, 0.3) is 0 Å². The average Bonchev–Trinajstić information content (AvgIpc) is 2.38. The van der Waals surface area contributed by atoms with Gasteiger partial charge in [0, 0.05) is 12.4 Å². The van der Waals surface area contributed by atoms with Crippen molar-refractivity contribution in [3.8, 4) is 5.75 Å². The molecule has 4 nitrogen and oxygen atoms in total. The molecule has 2 rings (SSSR count). The SMILES string of the molecule is C[C@@H](O)c1ccc(OCc2ncccn2)cc1. The number of hydrogen-bond acceptors (Lipinski definition) is 4. The predicted octanol–water partition coefficient (Wildman–Crippen LogP) is 2.11. The van der Waals surface area contributed by atoms with E-state index in [4.69, 9.17) is 4.74 Å². The van der Waals surface area contributed by atoms with E-state index in [9.17, 15) is 5.11 Å². The molecule has 88 valence electrons. The van der Waals surface area contributed by atoms with Gasteiger partial charge in [0.15, 0.2) is 5.82 Å². The Morgan fingerprint density at radius 3 is 2.41 bits per heavy atom. The van der Waals surface area contributed by atoms with Crippen LogP contribution < -0.4 is 4.74 Å². The quantitative estimate of drug-likeness (QED) is 0.874. The highest BCUT2D eigenvalue weighted by atomic mass is 16.5. The van der Waals surface area contributed by atoms with Gasteiger partial charge in [-0.25, -0.2) is 9.97 Å². The van der Waals surface area contributed by atoms with Crippen LogP contribution in [0, 0.1) is 0 Å². The molecule has 1 aromatic heterocycles. The number of nitrogens with zero attached hydrogens (tertiary/aromatic N) is 2. The summed E-state index contributed by atoms with van der Waals surface area (Å²) in [7, 11) is 0. The van der Waals surface area contributed by atoms with Gasteiger partial charge in [0.05, 0.1) is 6.10 Å². The standard InChI is InChI=1S/C13H14N2O2/c1-10(16)11-3-5-12(6-4-11)17-9-13-14-7-2-8-15-13/h2-8,10,16H,9H2,1H3/t10-/m1/s1. The van der Waals surface area contributed by atoms with Crippen LogP contribution >= 0.6 is 0 Å². The van der Waals surface area contributed by atoms with Crippen LogP contribution in [0.3, 0.4) is 0 Å². The fourth-order valence-corrected chi connectivity index (χ4v) is 1.39. The van der Waals surface area contributed by atoms with E-state index in [1.54, 1.807) is 25.4 Å². The Morgan fingerprint density at radius 1 is 1.18 bits per heavy atom. The molecule has 1 N–H and O–H groups in total. The van der Waals surface area contributed by atoms with Crippen LogP contribution in [0.1, 0.15) is 24.4 Å². The van der Waals surface area contributed by atoms with Gasteiger partial charge in [0.25, 0.3) is 0 Å². The van der Waals surface area contributed by atoms with E-state index < -0.39 is 6.10 Å². The van der Waals surface area contributed by atoms with Crippen molar-refractivity contribution in [3.63, 3.8) is 0 Å². The Kier molecular flexibility index (Phi) is 3.67. The minimum atomic E-state index is -0.457. The molecule has 0 aliphatic rings. The molecule has 0 saturated heterocycles. The van der Waals surface area contributed by atoms with Crippen molar-refractivity contribution >= 4 is 0 Å². The summed E-state index contributed by atoms with van der Waals surface area (Å²) < 4.78 is 5.52. The maximum absolute atomic E-state index is 9.36. The summed E-state index contributed by atoms with van der Waals surface area (Å²) in [4.78, 5) is 8.13. The van der Waals surface area contributed by atoms with E-state index in [1.807, 2.05) is 24.3 Å². The van der Waals surface area contributed by atoms with Gasteiger partial charge in [0.1, 0.15) is 12.4 Å². The summed E-state index contributed by atoms with van der Waals surface area (Å²) in [6.07, 6.45) is 2.91. The number of aliphatic hydroxyl groups excluding tert-OH is 1. The molecule has 0 aliphatic carbocycles.